The number of thiazole rings is 1. The van der Waals surface area contributed by atoms with Gasteiger partial charge in [0, 0.05) is 16.0 Å². The van der Waals surface area contributed by atoms with Crippen molar-refractivity contribution in [3.8, 4) is 5.75 Å². The van der Waals surface area contributed by atoms with Crippen molar-refractivity contribution in [2.75, 3.05) is 0 Å². The number of nitrogens with zero attached hydrogens (tertiary/aromatic N) is 1. The first-order chi connectivity index (χ1) is 9.60. The average Bonchev–Trinajstić information content (AvgIpc) is 2.85. The molecule has 1 heterocycles. The molecule has 0 radical (unpaired) electrons. The van der Waals surface area contributed by atoms with Gasteiger partial charge in [0.2, 0.25) is 0 Å². The maximum atomic E-state index is 9.75. The minimum absolute atomic E-state index is 0.404. The first-order valence-electron chi connectivity index (χ1n) is 6.63. The van der Waals surface area contributed by atoms with Gasteiger partial charge in [-0.2, -0.15) is 0 Å². The lowest BCUT2D eigenvalue weighted by Gasteiger charge is -2.13. The van der Waals surface area contributed by atoms with Gasteiger partial charge in [-0.15, -0.1) is 11.3 Å². The average molecular weight is 312 g/mol. The van der Waals surface area contributed by atoms with Gasteiger partial charge in [0.1, 0.15) is 12.4 Å². The SMILES string of the molecule is CCCc1nc(COc2ccc(Cl)cc2[C@H](C)O)cs1. The Labute approximate surface area is 128 Å². The molecule has 0 fully saturated rings. The lowest BCUT2D eigenvalue weighted by molar-refractivity contribution is 0.190. The van der Waals surface area contributed by atoms with Gasteiger partial charge in [0.25, 0.3) is 0 Å². The Kier molecular flexibility index (Phi) is 5.40. The summed E-state index contributed by atoms with van der Waals surface area (Å²) >= 11 is 7.60. The zero-order valence-corrected chi connectivity index (χ0v) is 13.2. The molecule has 0 saturated heterocycles. The van der Waals surface area contributed by atoms with Crippen molar-refractivity contribution >= 4 is 22.9 Å². The first kappa shape index (κ1) is 15.3. The molecule has 0 aliphatic carbocycles. The minimum atomic E-state index is -0.616. The van der Waals surface area contributed by atoms with Crippen molar-refractivity contribution in [1.82, 2.24) is 4.98 Å². The fourth-order valence-electron chi connectivity index (χ4n) is 1.87. The van der Waals surface area contributed by atoms with Crippen LogP contribution in [0.15, 0.2) is 23.6 Å². The topological polar surface area (TPSA) is 42.4 Å². The Hall–Kier alpha value is -1.10. The van der Waals surface area contributed by atoms with E-state index in [1.54, 1.807) is 36.5 Å². The molecule has 0 aliphatic heterocycles. The van der Waals surface area contributed by atoms with Crippen molar-refractivity contribution in [2.45, 2.75) is 39.4 Å². The number of rotatable bonds is 6. The zero-order chi connectivity index (χ0) is 14.5. The first-order valence-corrected chi connectivity index (χ1v) is 7.89. The van der Waals surface area contributed by atoms with E-state index < -0.39 is 6.10 Å². The molecule has 1 atom stereocenters. The molecule has 0 unspecified atom stereocenters. The summed E-state index contributed by atoms with van der Waals surface area (Å²) in [5.41, 5.74) is 1.62. The molecule has 0 spiro atoms. The monoisotopic (exact) mass is 311 g/mol. The molecule has 3 nitrogen and oxygen atoms in total. The van der Waals surface area contributed by atoms with Crippen molar-refractivity contribution in [2.24, 2.45) is 0 Å². The van der Waals surface area contributed by atoms with E-state index in [-0.39, 0.29) is 0 Å². The lowest BCUT2D eigenvalue weighted by atomic mass is 10.1. The lowest BCUT2D eigenvalue weighted by Crippen LogP contribution is -2.01. The third-order valence-corrected chi connectivity index (χ3v) is 4.05. The number of benzene rings is 1. The molecular formula is C15H18ClNO2S. The van der Waals surface area contributed by atoms with Crippen LogP contribution < -0.4 is 4.74 Å². The van der Waals surface area contributed by atoms with Crippen LogP contribution in [0.1, 0.15) is 42.6 Å². The van der Waals surface area contributed by atoms with E-state index in [4.69, 9.17) is 16.3 Å². The van der Waals surface area contributed by atoms with E-state index in [1.807, 2.05) is 5.38 Å². The molecule has 0 bridgehead atoms. The number of ether oxygens (including phenoxy) is 1. The number of aryl methyl sites for hydroxylation is 1. The summed E-state index contributed by atoms with van der Waals surface area (Å²) in [7, 11) is 0. The quantitative estimate of drug-likeness (QED) is 0.860. The van der Waals surface area contributed by atoms with Gasteiger partial charge in [-0.25, -0.2) is 4.98 Å². The summed E-state index contributed by atoms with van der Waals surface area (Å²) in [5.74, 6) is 0.648. The van der Waals surface area contributed by atoms with Crippen LogP contribution in [0.3, 0.4) is 0 Å². The molecule has 2 aromatic rings. The van der Waals surface area contributed by atoms with Crippen molar-refractivity contribution in [3.05, 3.63) is 44.9 Å². The number of hydrogen-bond donors (Lipinski definition) is 1. The summed E-state index contributed by atoms with van der Waals surface area (Å²) in [4.78, 5) is 4.51. The van der Waals surface area contributed by atoms with Gasteiger partial charge in [0.15, 0.2) is 0 Å². The third-order valence-electron chi connectivity index (χ3n) is 2.86. The summed E-state index contributed by atoms with van der Waals surface area (Å²) in [6.07, 6.45) is 1.48. The fourth-order valence-corrected chi connectivity index (χ4v) is 2.94. The third kappa shape index (κ3) is 3.95. The minimum Gasteiger partial charge on any atom is -0.487 e. The van der Waals surface area contributed by atoms with Gasteiger partial charge in [-0.3, -0.25) is 0 Å². The second-order valence-corrected chi connectivity index (χ2v) is 6.01. The number of aromatic nitrogens is 1. The van der Waals surface area contributed by atoms with Crippen molar-refractivity contribution in [1.29, 1.82) is 0 Å². The number of aliphatic hydroxyl groups is 1. The smallest absolute Gasteiger partial charge is 0.131 e. The molecule has 1 N–H and O–H groups in total. The van der Waals surface area contributed by atoms with E-state index in [0.717, 1.165) is 23.5 Å². The Balaban J connectivity index is 2.06. The Morgan fingerprint density at radius 1 is 1.45 bits per heavy atom. The highest BCUT2D eigenvalue weighted by atomic mass is 35.5. The molecule has 1 aromatic heterocycles. The largest absolute Gasteiger partial charge is 0.487 e. The second kappa shape index (κ2) is 7.07. The van der Waals surface area contributed by atoms with E-state index in [0.29, 0.717) is 22.9 Å². The van der Waals surface area contributed by atoms with Crippen LogP contribution >= 0.6 is 22.9 Å². The van der Waals surface area contributed by atoms with Crippen LogP contribution in [0.5, 0.6) is 5.75 Å². The Bertz CT molecular complexity index is 569. The zero-order valence-electron chi connectivity index (χ0n) is 11.6. The highest BCUT2D eigenvalue weighted by molar-refractivity contribution is 7.09. The molecule has 5 heteroatoms. The summed E-state index contributed by atoms with van der Waals surface area (Å²) in [5, 5.41) is 13.5. The summed E-state index contributed by atoms with van der Waals surface area (Å²) in [6.45, 7) is 4.24. The van der Waals surface area contributed by atoms with Gasteiger partial charge in [-0.05, 0) is 38.0 Å². The summed E-state index contributed by atoms with van der Waals surface area (Å²) < 4.78 is 5.76. The Morgan fingerprint density at radius 2 is 2.25 bits per heavy atom. The second-order valence-electron chi connectivity index (χ2n) is 4.63. The molecular weight excluding hydrogens is 294 g/mol. The van der Waals surface area contributed by atoms with Crippen LogP contribution in [0.25, 0.3) is 0 Å². The van der Waals surface area contributed by atoms with Crippen molar-refractivity contribution < 1.29 is 9.84 Å². The van der Waals surface area contributed by atoms with E-state index >= 15 is 0 Å². The molecule has 108 valence electrons. The van der Waals surface area contributed by atoms with Crippen LogP contribution in [0.4, 0.5) is 0 Å². The maximum absolute atomic E-state index is 9.75. The fraction of sp³-hybridized carbons (Fsp3) is 0.400. The summed E-state index contributed by atoms with van der Waals surface area (Å²) in [6, 6.07) is 5.27. The van der Waals surface area contributed by atoms with Crippen LogP contribution in [-0.2, 0) is 13.0 Å². The predicted octanol–water partition coefficient (Wildman–Crippen LogP) is 4.38. The van der Waals surface area contributed by atoms with Crippen LogP contribution in [0, 0.1) is 0 Å². The highest BCUT2D eigenvalue weighted by Gasteiger charge is 2.11. The van der Waals surface area contributed by atoms with E-state index in [2.05, 4.69) is 11.9 Å². The number of hydrogen-bond acceptors (Lipinski definition) is 4. The Morgan fingerprint density at radius 3 is 2.95 bits per heavy atom. The molecule has 2 rings (SSSR count). The highest BCUT2D eigenvalue weighted by Crippen LogP contribution is 2.29. The standard InChI is InChI=1S/C15H18ClNO2S/c1-3-4-15-17-12(9-20-15)8-19-14-6-5-11(16)7-13(14)10(2)18/h5-7,9-10,18H,3-4,8H2,1-2H3/t10-/m0/s1. The number of halogens is 1. The molecule has 1 aromatic carbocycles. The van der Waals surface area contributed by atoms with Crippen LogP contribution in [-0.4, -0.2) is 10.1 Å². The van der Waals surface area contributed by atoms with E-state index in [1.165, 1.54) is 0 Å². The molecule has 0 aliphatic rings. The number of aliphatic hydroxyl groups excluding tert-OH is 1. The van der Waals surface area contributed by atoms with Gasteiger partial charge in [-0.1, -0.05) is 18.5 Å². The van der Waals surface area contributed by atoms with E-state index in [9.17, 15) is 5.11 Å². The molecule has 0 saturated carbocycles. The predicted molar refractivity (Wildman–Crippen MR) is 82.5 cm³/mol. The van der Waals surface area contributed by atoms with Gasteiger partial charge in [0.05, 0.1) is 16.8 Å². The van der Waals surface area contributed by atoms with Crippen LogP contribution in [0.2, 0.25) is 5.02 Å². The van der Waals surface area contributed by atoms with Gasteiger partial charge < -0.3 is 9.84 Å². The molecule has 20 heavy (non-hydrogen) atoms. The maximum Gasteiger partial charge on any atom is 0.131 e. The normalized spacial score (nSPS) is 12.4. The molecule has 0 amide bonds. The van der Waals surface area contributed by atoms with Crippen molar-refractivity contribution in [3.63, 3.8) is 0 Å². The van der Waals surface area contributed by atoms with Gasteiger partial charge >= 0.3 is 0 Å².